The molecule has 0 fully saturated rings. The summed E-state index contributed by atoms with van der Waals surface area (Å²) in [6.07, 6.45) is 0.360. The Labute approximate surface area is 52.9 Å². The predicted molar refractivity (Wildman–Crippen MR) is 39.7 cm³/mol. The molecule has 2 heteroatoms. The highest BCUT2D eigenvalue weighted by molar-refractivity contribution is 7.58. The molecule has 0 aromatic carbocycles. The van der Waals surface area contributed by atoms with Gasteiger partial charge in [-0.25, -0.2) is 0 Å². The van der Waals surface area contributed by atoms with Crippen molar-refractivity contribution < 1.29 is 5.11 Å². The molecule has 0 saturated carbocycles. The average molecular weight is 134 g/mol. The lowest BCUT2D eigenvalue weighted by molar-refractivity contribution is 0.367. The molecular weight excluding hydrogens is 119 g/mol. The molecule has 50 valence electrons. The monoisotopic (exact) mass is 134 g/mol. The van der Waals surface area contributed by atoms with Crippen LogP contribution in [0, 0.1) is 0 Å². The van der Waals surface area contributed by atoms with Crippen LogP contribution in [0.2, 0.25) is 0 Å². The van der Waals surface area contributed by atoms with Crippen molar-refractivity contribution in [1.29, 1.82) is 0 Å². The van der Waals surface area contributed by atoms with E-state index in [1.807, 2.05) is 0 Å². The number of hydrogen-bond acceptors (Lipinski definition) is 1. The summed E-state index contributed by atoms with van der Waals surface area (Å²) < 4.78 is 0. The Bertz CT molecular complexity index is 65.4. The van der Waals surface area contributed by atoms with E-state index in [1.54, 1.807) is 0 Å². The molecule has 0 heterocycles. The second-order valence-electron chi connectivity index (χ2n) is 3.01. The van der Waals surface area contributed by atoms with E-state index in [4.69, 9.17) is 5.11 Å². The normalized spacial score (nSPS) is 16.1. The number of aliphatic hydroxyl groups excluding tert-OH is 1. The molecule has 0 aromatic rings. The van der Waals surface area contributed by atoms with Crippen LogP contribution in [-0.2, 0) is 0 Å². The zero-order valence-corrected chi connectivity index (χ0v) is 7.00. The van der Waals surface area contributed by atoms with Crippen molar-refractivity contribution >= 4 is 7.92 Å². The summed E-state index contributed by atoms with van der Waals surface area (Å²) in [5.41, 5.74) is 0. The molecule has 0 aliphatic rings. The Morgan fingerprint density at radius 2 is 1.75 bits per heavy atom. The van der Waals surface area contributed by atoms with E-state index in [1.165, 1.54) is 0 Å². The fourth-order valence-corrected chi connectivity index (χ4v) is 0.636. The molecule has 0 radical (unpaired) electrons. The molecule has 0 bridgehead atoms. The van der Waals surface area contributed by atoms with Gasteiger partial charge in [-0.1, -0.05) is 28.7 Å². The van der Waals surface area contributed by atoms with Gasteiger partial charge in [0.1, 0.15) is 0 Å². The smallest absolute Gasteiger partial charge is 0.0626 e. The molecule has 0 unspecified atom stereocenters. The topological polar surface area (TPSA) is 20.2 Å². The van der Waals surface area contributed by atoms with Gasteiger partial charge in [-0.2, -0.15) is 0 Å². The Hall–Kier alpha value is 0.390. The molecule has 0 rings (SSSR count). The molecule has 1 N–H and O–H groups in total. The third-order valence-electron chi connectivity index (χ3n) is 1.36. The largest absolute Gasteiger partial charge is 0.392 e. The summed E-state index contributed by atoms with van der Waals surface area (Å²) in [4.78, 5) is 0. The number of hydrogen-bond donors (Lipinski definition) is 1. The lowest BCUT2D eigenvalue weighted by atomic mass is 10.3. The van der Waals surface area contributed by atoms with E-state index < -0.39 is 0 Å². The number of rotatable bonds is 1. The van der Waals surface area contributed by atoms with Gasteiger partial charge < -0.3 is 5.11 Å². The molecule has 0 saturated heterocycles. The summed E-state index contributed by atoms with van der Waals surface area (Å²) in [5.74, 6) is 0. The first-order chi connectivity index (χ1) is 3.48. The van der Waals surface area contributed by atoms with Gasteiger partial charge in [0.05, 0.1) is 6.35 Å². The Kier molecular flexibility index (Phi) is 2.93. The van der Waals surface area contributed by atoms with Crippen LogP contribution in [0.3, 0.4) is 0 Å². The Morgan fingerprint density at radius 1 is 1.38 bits per heavy atom. The molecule has 1 atom stereocenters. The molecular formula is C6H15OP. The summed E-state index contributed by atoms with van der Waals surface area (Å²) in [6.45, 7) is 8.61. The van der Waals surface area contributed by atoms with Crippen LogP contribution in [0.5, 0.6) is 0 Å². The van der Waals surface area contributed by atoms with Gasteiger partial charge in [0.25, 0.3) is 0 Å². The van der Waals surface area contributed by atoms with Gasteiger partial charge in [-0.05, 0) is 11.8 Å². The SMILES string of the molecule is C[P@@](CO)C(C)(C)C. The summed E-state index contributed by atoms with van der Waals surface area (Å²) >= 11 is 0. The lowest BCUT2D eigenvalue weighted by Gasteiger charge is -2.25. The summed E-state index contributed by atoms with van der Waals surface area (Å²) in [5, 5.41) is 9.02. The second-order valence-corrected chi connectivity index (χ2v) is 6.03. The van der Waals surface area contributed by atoms with Gasteiger partial charge in [0.15, 0.2) is 0 Å². The van der Waals surface area contributed by atoms with Crippen molar-refractivity contribution in [3.63, 3.8) is 0 Å². The maximum absolute atomic E-state index is 8.70. The molecule has 0 aliphatic heterocycles. The molecule has 0 amide bonds. The third kappa shape index (κ3) is 2.64. The van der Waals surface area contributed by atoms with Crippen molar-refractivity contribution in [2.45, 2.75) is 25.9 Å². The highest BCUT2D eigenvalue weighted by Crippen LogP contribution is 2.44. The third-order valence-corrected chi connectivity index (χ3v) is 4.07. The first-order valence-corrected chi connectivity index (χ1v) is 4.78. The van der Waals surface area contributed by atoms with Crippen LogP contribution < -0.4 is 0 Å². The minimum absolute atomic E-state index is 0.164. The van der Waals surface area contributed by atoms with Crippen molar-refractivity contribution in [3.05, 3.63) is 0 Å². The van der Waals surface area contributed by atoms with Crippen molar-refractivity contribution in [2.75, 3.05) is 13.0 Å². The van der Waals surface area contributed by atoms with E-state index >= 15 is 0 Å². The average Bonchev–Trinajstić information content (AvgIpc) is 1.62. The molecule has 0 aromatic heterocycles. The molecule has 8 heavy (non-hydrogen) atoms. The van der Waals surface area contributed by atoms with Crippen LogP contribution in [0.15, 0.2) is 0 Å². The van der Waals surface area contributed by atoms with E-state index in [2.05, 4.69) is 27.4 Å². The Morgan fingerprint density at radius 3 is 1.75 bits per heavy atom. The van der Waals surface area contributed by atoms with Gasteiger partial charge in [-0.15, -0.1) is 0 Å². The van der Waals surface area contributed by atoms with E-state index in [-0.39, 0.29) is 7.92 Å². The lowest BCUT2D eigenvalue weighted by Crippen LogP contribution is -2.11. The fourth-order valence-electron chi connectivity index (χ4n) is 0.212. The van der Waals surface area contributed by atoms with E-state index in [0.29, 0.717) is 11.5 Å². The molecule has 1 nitrogen and oxygen atoms in total. The zero-order chi connectivity index (χ0) is 6.78. The number of aliphatic hydroxyl groups is 1. The van der Waals surface area contributed by atoms with Crippen molar-refractivity contribution in [1.82, 2.24) is 0 Å². The van der Waals surface area contributed by atoms with Crippen molar-refractivity contribution in [3.8, 4) is 0 Å². The van der Waals surface area contributed by atoms with Gasteiger partial charge in [0, 0.05) is 0 Å². The highest BCUT2D eigenvalue weighted by atomic mass is 31.1. The van der Waals surface area contributed by atoms with Crippen LogP contribution >= 0.6 is 7.92 Å². The van der Waals surface area contributed by atoms with Crippen molar-refractivity contribution in [2.24, 2.45) is 0 Å². The van der Waals surface area contributed by atoms with E-state index in [9.17, 15) is 0 Å². The van der Waals surface area contributed by atoms with Crippen LogP contribution in [0.25, 0.3) is 0 Å². The first kappa shape index (κ1) is 8.39. The van der Waals surface area contributed by atoms with Gasteiger partial charge in [0.2, 0.25) is 0 Å². The predicted octanol–water partition coefficient (Wildman–Crippen LogP) is 1.85. The molecule has 0 spiro atoms. The quantitative estimate of drug-likeness (QED) is 0.542. The van der Waals surface area contributed by atoms with Gasteiger partial charge >= 0.3 is 0 Å². The maximum atomic E-state index is 8.70. The molecule has 0 aliphatic carbocycles. The summed E-state index contributed by atoms with van der Waals surface area (Å²) in [6, 6.07) is 0. The van der Waals surface area contributed by atoms with Gasteiger partial charge in [-0.3, -0.25) is 0 Å². The van der Waals surface area contributed by atoms with E-state index in [0.717, 1.165) is 0 Å². The second kappa shape index (κ2) is 2.80. The van der Waals surface area contributed by atoms with Crippen LogP contribution in [0.1, 0.15) is 20.8 Å². The minimum atomic E-state index is -0.164. The highest BCUT2D eigenvalue weighted by Gasteiger charge is 2.17. The minimum Gasteiger partial charge on any atom is -0.392 e. The fraction of sp³-hybridized carbons (Fsp3) is 1.00. The van der Waals surface area contributed by atoms with Crippen LogP contribution in [-0.4, -0.2) is 23.3 Å². The van der Waals surface area contributed by atoms with Crippen LogP contribution in [0.4, 0.5) is 0 Å². The first-order valence-electron chi connectivity index (χ1n) is 2.80. The maximum Gasteiger partial charge on any atom is 0.0626 e. The Balaban J connectivity index is 3.62. The standard InChI is InChI=1S/C6H15OP/c1-6(2,3)8(4)5-7/h7H,5H2,1-4H3/t8-/m0/s1. The zero-order valence-electron chi connectivity index (χ0n) is 6.10. The summed E-state index contributed by atoms with van der Waals surface area (Å²) in [7, 11) is -0.164.